The SMILES string of the molecule is CCOc1ccc2nc(NC(=O)C(Sc3cccc(NC(=O)/C(=C\c4ccc(Cl)cc4Cl)NC(=O)c4ccccc4)c3)c3ccccc3)sc2c1. The van der Waals surface area contributed by atoms with Crippen LogP contribution in [0.15, 0.2) is 132 Å². The third kappa shape index (κ3) is 9.36. The van der Waals surface area contributed by atoms with Crippen molar-refractivity contribution in [2.75, 3.05) is 17.2 Å². The molecule has 51 heavy (non-hydrogen) atoms. The molecule has 1 heterocycles. The lowest BCUT2D eigenvalue weighted by Crippen LogP contribution is -2.30. The molecule has 0 bridgehead atoms. The predicted molar refractivity (Wildman–Crippen MR) is 208 cm³/mol. The summed E-state index contributed by atoms with van der Waals surface area (Å²) >= 11 is 15.2. The highest BCUT2D eigenvalue weighted by Crippen LogP contribution is 2.38. The summed E-state index contributed by atoms with van der Waals surface area (Å²) in [5.41, 5.74) is 2.85. The number of halogens is 2. The Kier molecular flexibility index (Phi) is 11.7. The summed E-state index contributed by atoms with van der Waals surface area (Å²) in [6, 6.07) is 35.6. The Morgan fingerprint density at radius 3 is 2.37 bits per heavy atom. The molecule has 6 rings (SSSR count). The van der Waals surface area contributed by atoms with Crippen molar-refractivity contribution < 1.29 is 19.1 Å². The second-order valence-corrected chi connectivity index (χ2v) is 14.1. The molecule has 0 saturated carbocycles. The number of nitrogens with zero attached hydrogens (tertiary/aromatic N) is 1. The number of nitrogens with one attached hydrogen (secondary N) is 3. The van der Waals surface area contributed by atoms with Crippen LogP contribution in [0.25, 0.3) is 16.3 Å². The molecule has 256 valence electrons. The van der Waals surface area contributed by atoms with Crippen LogP contribution in [0.3, 0.4) is 0 Å². The standard InChI is InChI=1S/C39H30Cl2N4O4S2/c1-2-49-29-18-19-32-34(23-29)51-39(44-32)45-38(48)35(24-10-5-3-6-11-24)50-30-15-9-14-28(22-30)42-37(47)33(20-26-16-17-27(40)21-31(26)41)43-36(46)25-12-7-4-8-13-25/h3-23,35H,2H2,1H3,(H,42,47)(H,43,46)(H,44,45,48)/b33-20+. The maximum Gasteiger partial charge on any atom is 0.272 e. The van der Waals surface area contributed by atoms with E-state index in [9.17, 15) is 14.4 Å². The number of hydrogen-bond donors (Lipinski definition) is 3. The van der Waals surface area contributed by atoms with Gasteiger partial charge < -0.3 is 20.7 Å². The van der Waals surface area contributed by atoms with Crippen molar-refractivity contribution in [3.63, 3.8) is 0 Å². The molecular formula is C39H30Cl2N4O4S2. The van der Waals surface area contributed by atoms with Crippen LogP contribution in [-0.4, -0.2) is 29.3 Å². The van der Waals surface area contributed by atoms with E-state index in [1.165, 1.54) is 29.2 Å². The van der Waals surface area contributed by atoms with E-state index < -0.39 is 17.1 Å². The minimum Gasteiger partial charge on any atom is -0.494 e. The lowest BCUT2D eigenvalue weighted by atomic mass is 10.1. The maximum atomic E-state index is 13.8. The summed E-state index contributed by atoms with van der Waals surface area (Å²) in [5, 5.41) is 9.17. The van der Waals surface area contributed by atoms with Crippen molar-refractivity contribution >= 4 is 91.1 Å². The maximum absolute atomic E-state index is 13.8. The molecule has 3 N–H and O–H groups in total. The number of amides is 3. The molecule has 0 aliphatic heterocycles. The smallest absolute Gasteiger partial charge is 0.272 e. The van der Waals surface area contributed by atoms with Crippen LogP contribution in [-0.2, 0) is 9.59 Å². The van der Waals surface area contributed by atoms with Crippen molar-refractivity contribution in [3.05, 3.63) is 154 Å². The lowest BCUT2D eigenvalue weighted by Gasteiger charge is -2.17. The molecule has 12 heteroatoms. The number of rotatable bonds is 12. The van der Waals surface area contributed by atoms with Crippen molar-refractivity contribution in [1.82, 2.24) is 10.3 Å². The summed E-state index contributed by atoms with van der Waals surface area (Å²) in [6.07, 6.45) is 1.49. The molecule has 1 atom stereocenters. The molecule has 0 fully saturated rings. The summed E-state index contributed by atoms with van der Waals surface area (Å²) in [4.78, 5) is 46.0. The quantitative estimate of drug-likeness (QED) is 0.0848. The number of ether oxygens (including phenoxy) is 1. The van der Waals surface area contributed by atoms with Gasteiger partial charge in [-0.25, -0.2) is 4.98 Å². The van der Waals surface area contributed by atoms with Crippen LogP contribution < -0.4 is 20.7 Å². The predicted octanol–water partition coefficient (Wildman–Crippen LogP) is 9.88. The minimum absolute atomic E-state index is 0.0307. The van der Waals surface area contributed by atoms with Crippen LogP contribution >= 0.6 is 46.3 Å². The Morgan fingerprint density at radius 1 is 0.863 bits per heavy atom. The first-order valence-electron chi connectivity index (χ1n) is 15.8. The molecular weight excluding hydrogens is 723 g/mol. The Hall–Kier alpha value is -5.13. The molecule has 1 unspecified atom stereocenters. The van der Waals surface area contributed by atoms with E-state index in [1.807, 2.05) is 61.5 Å². The van der Waals surface area contributed by atoms with Gasteiger partial charge in [0, 0.05) is 26.2 Å². The highest BCUT2D eigenvalue weighted by molar-refractivity contribution is 8.00. The zero-order chi connectivity index (χ0) is 35.7. The summed E-state index contributed by atoms with van der Waals surface area (Å²) in [6.45, 7) is 2.48. The molecule has 0 aliphatic carbocycles. The summed E-state index contributed by atoms with van der Waals surface area (Å²) in [7, 11) is 0. The van der Waals surface area contributed by atoms with Crippen molar-refractivity contribution in [1.29, 1.82) is 0 Å². The Morgan fingerprint density at radius 2 is 1.63 bits per heavy atom. The molecule has 0 radical (unpaired) electrons. The molecule has 5 aromatic carbocycles. The summed E-state index contributed by atoms with van der Waals surface area (Å²) in [5.74, 6) is -0.552. The fourth-order valence-electron chi connectivity index (χ4n) is 4.98. The van der Waals surface area contributed by atoms with E-state index in [1.54, 1.807) is 66.7 Å². The lowest BCUT2D eigenvalue weighted by molar-refractivity contribution is -0.116. The van der Waals surface area contributed by atoms with Gasteiger partial charge in [0.1, 0.15) is 16.7 Å². The van der Waals surface area contributed by atoms with Crippen LogP contribution in [0.5, 0.6) is 5.75 Å². The van der Waals surface area contributed by atoms with E-state index in [4.69, 9.17) is 27.9 Å². The second-order valence-electron chi connectivity index (χ2n) is 11.0. The van der Waals surface area contributed by atoms with Gasteiger partial charge in [0.15, 0.2) is 5.13 Å². The van der Waals surface area contributed by atoms with Crippen molar-refractivity contribution in [2.24, 2.45) is 0 Å². The van der Waals surface area contributed by atoms with Gasteiger partial charge in [-0.3, -0.25) is 14.4 Å². The molecule has 1 aromatic heterocycles. The number of thioether (sulfide) groups is 1. The fraction of sp³-hybridized carbons (Fsp3) is 0.0769. The average molecular weight is 754 g/mol. The van der Waals surface area contributed by atoms with Gasteiger partial charge in [0.25, 0.3) is 11.8 Å². The zero-order valence-corrected chi connectivity index (χ0v) is 30.2. The van der Waals surface area contributed by atoms with Gasteiger partial charge in [0.2, 0.25) is 5.91 Å². The zero-order valence-electron chi connectivity index (χ0n) is 27.1. The Balaban J connectivity index is 1.23. The van der Waals surface area contributed by atoms with Crippen molar-refractivity contribution in [2.45, 2.75) is 17.1 Å². The molecule has 3 amide bonds. The van der Waals surface area contributed by atoms with E-state index in [0.29, 0.717) is 38.6 Å². The average Bonchev–Trinajstić information content (AvgIpc) is 3.53. The van der Waals surface area contributed by atoms with Crippen LogP contribution in [0, 0.1) is 0 Å². The number of anilines is 2. The highest BCUT2D eigenvalue weighted by Gasteiger charge is 2.24. The van der Waals surface area contributed by atoms with Gasteiger partial charge >= 0.3 is 0 Å². The third-order valence-electron chi connectivity index (χ3n) is 7.38. The van der Waals surface area contributed by atoms with E-state index >= 15 is 0 Å². The highest BCUT2D eigenvalue weighted by atomic mass is 35.5. The minimum atomic E-state index is -0.643. The molecule has 0 saturated heterocycles. The third-order valence-corrected chi connectivity index (χ3v) is 10.1. The number of hydrogen-bond acceptors (Lipinski definition) is 7. The van der Waals surface area contributed by atoms with Crippen LogP contribution in [0.4, 0.5) is 10.8 Å². The summed E-state index contributed by atoms with van der Waals surface area (Å²) < 4.78 is 6.51. The van der Waals surface area contributed by atoms with E-state index in [0.717, 1.165) is 26.4 Å². The number of benzene rings is 5. The molecule has 0 aliphatic rings. The largest absolute Gasteiger partial charge is 0.494 e. The van der Waals surface area contributed by atoms with Gasteiger partial charge in [-0.1, -0.05) is 95.2 Å². The number of aromatic nitrogens is 1. The van der Waals surface area contributed by atoms with E-state index in [-0.39, 0.29) is 11.6 Å². The van der Waals surface area contributed by atoms with Crippen LogP contribution in [0.1, 0.15) is 33.7 Å². The number of carbonyl (C=O) groups is 3. The first-order chi connectivity index (χ1) is 24.7. The Bertz CT molecular complexity index is 2230. The van der Waals surface area contributed by atoms with E-state index in [2.05, 4.69) is 20.9 Å². The van der Waals surface area contributed by atoms with Crippen molar-refractivity contribution in [3.8, 4) is 5.75 Å². The van der Waals surface area contributed by atoms with Gasteiger partial charge in [0.05, 0.1) is 16.8 Å². The Labute approximate surface area is 312 Å². The topological polar surface area (TPSA) is 109 Å². The van der Waals surface area contributed by atoms with Gasteiger partial charge in [-0.2, -0.15) is 0 Å². The van der Waals surface area contributed by atoms with Crippen LogP contribution in [0.2, 0.25) is 10.0 Å². The monoisotopic (exact) mass is 752 g/mol. The number of fused-ring (bicyclic) bond motifs is 1. The molecule has 0 spiro atoms. The number of carbonyl (C=O) groups excluding carboxylic acids is 3. The first-order valence-corrected chi connectivity index (χ1v) is 18.2. The normalized spacial score (nSPS) is 11.9. The van der Waals surface area contributed by atoms with Gasteiger partial charge in [-0.15, -0.1) is 11.8 Å². The molecule has 6 aromatic rings. The fourth-order valence-corrected chi connectivity index (χ4v) is 7.43. The number of thiazole rings is 1. The molecule has 8 nitrogen and oxygen atoms in total. The second kappa shape index (κ2) is 16.7. The van der Waals surface area contributed by atoms with Gasteiger partial charge in [-0.05, 0) is 84.8 Å². The first kappa shape index (κ1) is 35.7.